The zero-order valence-corrected chi connectivity index (χ0v) is 10.4. The van der Waals surface area contributed by atoms with E-state index in [1.54, 1.807) is 31.4 Å². The largest absolute Gasteiger partial charge is 0.497 e. The maximum Gasteiger partial charge on any atom is 0.271 e. The van der Waals surface area contributed by atoms with Gasteiger partial charge in [0.1, 0.15) is 5.75 Å². The van der Waals surface area contributed by atoms with Crippen LogP contribution in [0, 0.1) is 0 Å². The summed E-state index contributed by atoms with van der Waals surface area (Å²) in [7, 11) is 1.56. The molecule has 0 bridgehead atoms. The summed E-state index contributed by atoms with van der Waals surface area (Å²) in [4.78, 5) is 22.6. The highest BCUT2D eigenvalue weighted by Crippen LogP contribution is 2.11. The third-order valence-corrected chi connectivity index (χ3v) is 3.07. The average molecular weight is 265 g/mol. The molecule has 1 aromatic carbocycles. The summed E-state index contributed by atoms with van der Waals surface area (Å²) < 4.78 is 4.99. The summed E-state index contributed by atoms with van der Waals surface area (Å²) in [6, 6.07) is 6.64. The number of ether oxygens (including phenoxy) is 1. The fourth-order valence-electron chi connectivity index (χ4n) is 1.29. The fourth-order valence-corrected chi connectivity index (χ4v) is 1.93. The number of nitrogens with zero attached hydrogens (tertiary/aromatic N) is 1. The Morgan fingerprint density at radius 3 is 2.72 bits per heavy atom. The number of hydrazone groups is 1. The first kappa shape index (κ1) is 12.4. The number of hydrogen-bond donors (Lipinski definition) is 2. The fraction of sp³-hybridized carbons (Fsp3) is 0.182. The van der Waals surface area contributed by atoms with E-state index in [0.717, 1.165) is 0 Å². The second-order valence-corrected chi connectivity index (χ2v) is 4.39. The van der Waals surface area contributed by atoms with Crippen molar-refractivity contribution in [3.8, 4) is 5.75 Å². The highest BCUT2D eigenvalue weighted by Gasteiger charge is 2.16. The summed E-state index contributed by atoms with van der Waals surface area (Å²) in [5.41, 5.74) is 2.84. The Bertz CT molecular complexity index is 499. The van der Waals surface area contributed by atoms with Crippen molar-refractivity contribution in [2.75, 3.05) is 12.9 Å². The first-order valence-corrected chi connectivity index (χ1v) is 6.12. The molecule has 0 spiro atoms. The Kier molecular flexibility index (Phi) is 3.83. The molecule has 0 radical (unpaired) electrons. The lowest BCUT2D eigenvalue weighted by Gasteiger charge is -2.02. The van der Waals surface area contributed by atoms with Gasteiger partial charge in [-0.1, -0.05) is 11.8 Å². The number of carbonyl (C=O) groups is 2. The Balaban J connectivity index is 1.97. The minimum atomic E-state index is -0.341. The van der Waals surface area contributed by atoms with Gasteiger partial charge < -0.3 is 10.1 Å². The van der Waals surface area contributed by atoms with Crippen molar-refractivity contribution < 1.29 is 14.3 Å². The van der Waals surface area contributed by atoms with Crippen LogP contribution in [0.15, 0.2) is 29.4 Å². The topological polar surface area (TPSA) is 79.8 Å². The van der Waals surface area contributed by atoms with E-state index in [1.807, 2.05) is 0 Å². The molecule has 0 saturated carbocycles. The van der Waals surface area contributed by atoms with Crippen LogP contribution < -0.4 is 15.5 Å². The molecule has 0 aromatic heterocycles. The maximum absolute atomic E-state index is 11.7. The van der Waals surface area contributed by atoms with Gasteiger partial charge in [0.2, 0.25) is 5.91 Å². The number of thioether (sulfide) groups is 1. The van der Waals surface area contributed by atoms with Gasteiger partial charge in [-0.2, -0.15) is 0 Å². The molecule has 2 amide bonds. The van der Waals surface area contributed by atoms with E-state index in [0.29, 0.717) is 22.2 Å². The summed E-state index contributed by atoms with van der Waals surface area (Å²) in [5, 5.41) is 6.73. The number of benzene rings is 1. The minimum Gasteiger partial charge on any atom is -0.497 e. The van der Waals surface area contributed by atoms with Crippen LogP contribution in [-0.2, 0) is 4.79 Å². The average Bonchev–Trinajstić information content (AvgIpc) is 2.82. The first-order valence-electron chi connectivity index (χ1n) is 5.14. The van der Waals surface area contributed by atoms with Gasteiger partial charge >= 0.3 is 0 Å². The van der Waals surface area contributed by atoms with Gasteiger partial charge in [-0.05, 0) is 24.3 Å². The molecule has 7 heteroatoms. The van der Waals surface area contributed by atoms with Crippen LogP contribution in [0.25, 0.3) is 0 Å². The molecule has 6 nitrogen and oxygen atoms in total. The molecule has 1 heterocycles. The number of hydrogen-bond acceptors (Lipinski definition) is 5. The molecule has 2 N–H and O–H groups in total. The van der Waals surface area contributed by atoms with Gasteiger partial charge in [0.25, 0.3) is 5.91 Å². The van der Waals surface area contributed by atoms with Gasteiger partial charge in [-0.15, -0.1) is 5.10 Å². The van der Waals surface area contributed by atoms with Crippen molar-refractivity contribution in [2.45, 2.75) is 0 Å². The third kappa shape index (κ3) is 3.01. The van der Waals surface area contributed by atoms with Gasteiger partial charge in [0.05, 0.1) is 12.9 Å². The lowest BCUT2D eigenvalue weighted by Crippen LogP contribution is -2.25. The van der Waals surface area contributed by atoms with Crippen LogP contribution in [0.3, 0.4) is 0 Å². The lowest BCUT2D eigenvalue weighted by atomic mass is 10.2. The van der Waals surface area contributed by atoms with Crippen molar-refractivity contribution >= 4 is 28.7 Å². The van der Waals surface area contributed by atoms with Crippen molar-refractivity contribution in [2.24, 2.45) is 5.10 Å². The number of carbonyl (C=O) groups excluding carboxylic acids is 2. The second kappa shape index (κ2) is 5.54. The highest BCUT2D eigenvalue weighted by molar-refractivity contribution is 8.15. The van der Waals surface area contributed by atoms with Gasteiger partial charge in [-0.3, -0.25) is 9.59 Å². The molecular weight excluding hydrogens is 254 g/mol. The van der Waals surface area contributed by atoms with Gasteiger partial charge in [0, 0.05) is 5.56 Å². The van der Waals surface area contributed by atoms with E-state index in [2.05, 4.69) is 15.8 Å². The number of rotatable bonds is 3. The molecule has 1 aliphatic rings. The quantitative estimate of drug-likeness (QED) is 0.783. The maximum atomic E-state index is 11.7. The van der Waals surface area contributed by atoms with Gasteiger partial charge in [0.15, 0.2) is 5.17 Å². The standard InChI is InChI=1S/C11H11N3O3S/c1-17-8-4-2-7(3-5-8)10(16)13-14-11-12-9(15)6-18-11/h2-5H,6H2,1H3,(H,13,16)(H,12,14,15). The van der Waals surface area contributed by atoms with Crippen LogP contribution in [0.1, 0.15) is 10.4 Å². The van der Waals surface area contributed by atoms with Crippen molar-refractivity contribution in [3.05, 3.63) is 29.8 Å². The van der Waals surface area contributed by atoms with Crippen LogP contribution in [-0.4, -0.2) is 29.8 Å². The Hall–Kier alpha value is -2.02. The molecule has 1 aromatic rings. The molecule has 1 saturated heterocycles. The molecule has 1 aliphatic heterocycles. The van der Waals surface area contributed by atoms with Crippen LogP contribution >= 0.6 is 11.8 Å². The zero-order valence-electron chi connectivity index (χ0n) is 9.60. The van der Waals surface area contributed by atoms with E-state index in [1.165, 1.54) is 11.8 Å². The number of nitrogens with one attached hydrogen (secondary N) is 2. The summed E-state index contributed by atoms with van der Waals surface area (Å²) in [6.07, 6.45) is 0. The summed E-state index contributed by atoms with van der Waals surface area (Å²) >= 11 is 1.25. The second-order valence-electron chi connectivity index (χ2n) is 3.42. The smallest absolute Gasteiger partial charge is 0.271 e. The van der Waals surface area contributed by atoms with Crippen LogP contribution in [0.4, 0.5) is 0 Å². The molecular formula is C11H11N3O3S. The number of amides is 2. The van der Waals surface area contributed by atoms with E-state index in [9.17, 15) is 9.59 Å². The Labute approximate surface area is 108 Å². The first-order chi connectivity index (χ1) is 8.69. The van der Waals surface area contributed by atoms with Crippen molar-refractivity contribution in [1.82, 2.24) is 10.7 Å². The highest BCUT2D eigenvalue weighted by atomic mass is 32.2. The SMILES string of the molecule is COc1ccc(C(=O)NN=C2NC(=O)CS2)cc1. The van der Waals surface area contributed by atoms with Crippen LogP contribution in [0.2, 0.25) is 0 Å². The van der Waals surface area contributed by atoms with Crippen molar-refractivity contribution in [3.63, 3.8) is 0 Å². The molecule has 2 rings (SSSR count). The summed E-state index contributed by atoms with van der Waals surface area (Å²) in [6.45, 7) is 0. The molecule has 0 atom stereocenters. The normalized spacial score (nSPS) is 16.5. The molecule has 18 heavy (non-hydrogen) atoms. The predicted octanol–water partition coefficient (Wildman–Crippen LogP) is 0.559. The summed E-state index contributed by atoms with van der Waals surface area (Å²) in [5.74, 6) is 0.554. The lowest BCUT2D eigenvalue weighted by molar-refractivity contribution is -0.116. The van der Waals surface area contributed by atoms with Gasteiger partial charge in [-0.25, -0.2) is 5.43 Å². The Morgan fingerprint density at radius 1 is 1.44 bits per heavy atom. The zero-order chi connectivity index (χ0) is 13.0. The minimum absolute atomic E-state index is 0.113. The number of amidine groups is 1. The third-order valence-electron chi connectivity index (χ3n) is 2.20. The van der Waals surface area contributed by atoms with E-state index in [-0.39, 0.29) is 11.8 Å². The molecule has 0 unspecified atom stereocenters. The van der Waals surface area contributed by atoms with E-state index >= 15 is 0 Å². The predicted molar refractivity (Wildman–Crippen MR) is 68.5 cm³/mol. The Morgan fingerprint density at radius 2 is 2.17 bits per heavy atom. The van der Waals surface area contributed by atoms with Crippen LogP contribution in [0.5, 0.6) is 5.75 Å². The van der Waals surface area contributed by atoms with E-state index in [4.69, 9.17) is 4.74 Å². The molecule has 1 fully saturated rings. The van der Waals surface area contributed by atoms with E-state index < -0.39 is 0 Å². The molecule has 94 valence electrons. The van der Waals surface area contributed by atoms with Crippen molar-refractivity contribution in [1.29, 1.82) is 0 Å². The monoisotopic (exact) mass is 265 g/mol. The molecule has 0 aliphatic carbocycles. The number of methoxy groups -OCH3 is 1.